The number of likely N-dealkylation sites (N-methyl/N-ethyl adjacent to an activating group) is 1. The Kier molecular flexibility index (Phi) is 6.61. The smallest absolute Gasteiger partial charge is 0.241 e. The van der Waals surface area contributed by atoms with E-state index < -0.39 is 0 Å². The summed E-state index contributed by atoms with van der Waals surface area (Å²) >= 11 is 0. The first kappa shape index (κ1) is 21.2. The van der Waals surface area contributed by atoms with Gasteiger partial charge in [-0.3, -0.25) is 14.8 Å². The van der Waals surface area contributed by atoms with Crippen LogP contribution in [0.15, 0.2) is 58.8 Å². The molecule has 30 heavy (non-hydrogen) atoms. The Labute approximate surface area is 177 Å². The average molecular weight is 405 g/mol. The van der Waals surface area contributed by atoms with Gasteiger partial charge in [0.2, 0.25) is 5.91 Å². The van der Waals surface area contributed by atoms with Gasteiger partial charge in [0.05, 0.1) is 12.2 Å². The van der Waals surface area contributed by atoms with E-state index in [0.717, 1.165) is 22.2 Å². The Hall–Kier alpha value is -3.48. The van der Waals surface area contributed by atoms with Crippen molar-refractivity contribution in [3.05, 3.63) is 65.6 Å². The Morgan fingerprint density at radius 3 is 2.73 bits per heavy atom. The zero-order valence-electron chi connectivity index (χ0n) is 17.9. The molecule has 0 aliphatic carbocycles. The van der Waals surface area contributed by atoms with E-state index in [1.54, 1.807) is 25.2 Å². The van der Waals surface area contributed by atoms with Crippen LogP contribution in [0.2, 0.25) is 0 Å². The third-order valence-corrected chi connectivity index (χ3v) is 4.89. The molecule has 2 aromatic heterocycles. The number of carbonyl (C=O) groups is 1. The van der Waals surface area contributed by atoms with Gasteiger partial charge in [0.15, 0.2) is 0 Å². The lowest BCUT2D eigenvalue weighted by atomic mass is 10.0. The van der Waals surface area contributed by atoms with E-state index in [1.807, 2.05) is 41.0 Å². The molecule has 3 rings (SSSR count). The van der Waals surface area contributed by atoms with Crippen LogP contribution < -0.4 is 5.73 Å². The summed E-state index contributed by atoms with van der Waals surface area (Å²) in [6.45, 7) is 5.04. The topological polar surface area (TPSA) is 88.9 Å². The Morgan fingerprint density at radius 1 is 1.27 bits per heavy atom. The van der Waals surface area contributed by atoms with E-state index in [2.05, 4.69) is 35.0 Å². The van der Waals surface area contributed by atoms with E-state index in [-0.39, 0.29) is 5.91 Å². The highest BCUT2D eigenvalue weighted by Gasteiger charge is 2.15. The van der Waals surface area contributed by atoms with Crippen LogP contribution >= 0.6 is 0 Å². The lowest BCUT2D eigenvalue weighted by Crippen LogP contribution is -2.25. The van der Waals surface area contributed by atoms with Crippen LogP contribution in [-0.4, -0.2) is 46.6 Å². The number of nitrogens with zero attached hydrogens (tertiary/aromatic N) is 5. The van der Waals surface area contributed by atoms with Gasteiger partial charge in [0, 0.05) is 43.0 Å². The van der Waals surface area contributed by atoms with E-state index in [9.17, 15) is 4.79 Å². The number of pyridine rings is 1. The first-order valence-electron chi connectivity index (χ1n) is 9.91. The molecule has 0 saturated heterocycles. The zero-order valence-corrected chi connectivity index (χ0v) is 17.9. The second kappa shape index (κ2) is 9.35. The quantitative estimate of drug-likeness (QED) is 0.484. The molecule has 7 nitrogen and oxygen atoms in total. The van der Waals surface area contributed by atoms with Crippen molar-refractivity contribution in [2.24, 2.45) is 15.7 Å². The summed E-state index contributed by atoms with van der Waals surface area (Å²) in [5, 5.41) is 1.08. The first-order chi connectivity index (χ1) is 14.4. The molecule has 3 aromatic rings. The lowest BCUT2D eigenvalue weighted by molar-refractivity contribution is -0.129. The fourth-order valence-corrected chi connectivity index (χ4v) is 3.17. The minimum Gasteiger partial charge on any atom is -0.383 e. The molecule has 7 heteroatoms. The predicted molar refractivity (Wildman–Crippen MR) is 122 cm³/mol. The standard InChI is InChI=1S/C23H28N6O/c1-16(2)20-13-29(14-22(30)28(3)4)21-9-8-17(11-19(20)21)23(24)27-15-25-12-18-7-5-6-10-26-18/h5-11,13,15-16H,12,14H2,1-4H3,(H2,24,25,27). The number of amides is 1. The molecule has 156 valence electrons. The second-order valence-corrected chi connectivity index (χ2v) is 7.68. The molecule has 1 aromatic carbocycles. The van der Waals surface area contributed by atoms with Crippen molar-refractivity contribution in [1.82, 2.24) is 14.5 Å². The van der Waals surface area contributed by atoms with Crippen molar-refractivity contribution in [2.45, 2.75) is 32.9 Å². The molecule has 2 N–H and O–H groups in total. The van der Waals surface area contributed by atoms with Crippen molar-refractivity contribution < 1.29 is 4.79 Å². The summed E-state index contributed by atoms with van der Waals surface area (Å²) in [5.41, 5.74) is 10.1. The van der Waals surface area contributed by atoms with Gasteiger partial charge in [-0.1, -0.05) is 19.9 Å². The van der Waals surface area contributed by atoms with Gasteiger partial charge in [0.25, 0.3) is 0 Å². The molecule has 0 spiro atoms. The van der Waals surface area contributed by atoms with Crippen molar-refractivity contribution >= 4 is 29.0 Å². The number of nitrogens with two attached hydrogens (primary N) is 1. The number of aliphatic imine (C=N–C) groups is 2. The molecule has 0 unspecified atom stereocenters. The number of benzene rings is 1. The number of amidine groups is 1. The van der Waals surface area contributed by atoms with Crippen LogP contribution in [-0.2, 0) is 17.9 Å². The summed E-state index contributed by atoms with van der Waals surface area (Å²) in [6, 6.07) is 11.7. The highest BCUT2D eigenvalue weighted by Crippen LogP contribution is 2.28. The van der Waals surface area contributed by atoms with Crippen molar-refractivity contribution in [3.8, 4) is 0 Å². The molecule has 0 saturated carbocycles. The minimum atomic E-state index is 0.0523. The zero-order chi connectivity index (χ0) is 21.7. The van der Waals surface area contributed by atoms with E-state index in [0.29, 0.717) is 24.8 Å². The monoisotopic (exact) mass is 404 g/mol. The number of carbonyl (C=O) groups excluding carboxylic acids is 1. The molecule has 0 bridgehead atoms. The number of rotatable bonds is 7. The number of aromatic nitrogens is 2. The van der Waals surface area contributed by atoms with E-state index in [4.69, 9.17) is 5.73 Å². The van der Waals surface area contributed by atoms with Crippen molar-refractivity contribution in [3.63, 3.8) is 0 Å². The van der Waals surface area contributed by atoms with Crippen LogP contribution in [0.4, 0.5) is 0 Å². The molecule has 0 aliphatic heterocycles. The third-order valence-electron chi connectivity index (χ3n) is 4.89. The van der Waals surface area contributed by atoms with Crippen LogP contribution in [0.1, 0.15) is 36.6 Å². The first-order valence-corrected chi connectivity index (χ1v) is 9.91. The summed E-state index contributed by atoms with van der Waals surface area (Å²) in [6.07, 6.45) is 5.27. The fourth-order valence-electron chi connectivity index (χ4n) is 3.17. The third kappa shape index (κ3) is 4.92. The summed E-state index contributed by atoms with van der Waals surface area (Å²) in [7, 11) is 3.53. The maximum atomic E-state index is 12.2. The molecule has 0 fully saturated rings. The van der Waals surface area contributed by atoms with Crippen LogP contribution in [0.25, 0.3) is 10.9 Å². The largest absolute Gasteiger partial charge is 0.383 e. The molecule has 0 atom stereocenters. The van der Waals surface area contributed by atoms with Crippen LogP contribution in [0, 0.1) is 0 Å². The number of fused-ring (bicyclic) bond motifs is 1. The van der Waals surface area contributed by atoms with Crippen LogP contribution in [0.3, 0.4) is 0 Å². The molecular formula is C23H28N6O. The molecule has 1 amide bonds. The van der Waals surface area contributed by atoms with Crippen molar-refractivity contribution in [2.75, 3.05) is 14.1 Å². The molecular weight excluding hydrogens is 376 g/mol. The summed E-state index contributed by atoms with van der Waals surface area (Å²) in [4.78, 5) is 26.6. The highest BCUT2D eigenvalue weighted by molar-refractivity contribution is 6.04. The molecule has 0 radical (unpaired) electrons. The van der Waals surface area contributed by atoms with Gasteiger partial charge in [-0.2, -0.15) is 0 Å². The van der Waals surface area contributed by atoms with E-state index in [1.165, 1.54) is 11.9 Å². The highest BCUT2D eigenvalue weighted by atomic mass is 16.2. The predicted octanol–water partition coefficient (Wildman–Crippen LogP) is 3.18. The summed E-state index contributed by atoms with van der Waals surface area (Å²) < 4.78 is 2.00. The van der Waals surface area contributed by atoms with Gasteiger partial charge in [-0.05, 0) is 41.8 Å². The van der Waals surface area contributed by atoms with Gasteiger partial charge in [-0.25, -0.2) is 4.99 Å². The Bertz CT molecular complexity index is 1080. The molecule has 2 heterocycles. The van der Waals surface area contributed by atoms with Crippen LogP contribution in [0.5, 0.6) is 0 Å². The number of hydrogen-bond donors (Lipinski definition) is 1. The van der Waals surface area contributed by atoms with Gasteiger partial charge in [0.1, 0.15) is 18.7 Å². The molecule has 0 aliphatic rings. The Morgan fingerprint density at radius 2 is 2.07 bits per heavy atom. The fraction of sp³-hybridized carbons (Fsp3) is 0.304. The lowest BCUT2D eigenvalue weighted by Gasteiger charge is -2.11. The van der Waals surface area contributed by atoms with E-state index >= 15 is 0 Å². The Balaban J connectivity index is 1.86. The minimum absolute atomic E-state index is 0.0523. The maximum absolute atomic E-state index is 12.2. The maximum Gasteiger partial charge on any atom is 0.241 e. The van der Waals surface area contributed by atoms with Gasteiger partial charge >= 0.3 is 0 Å². The SMILES string of the molecule is CC(C)c1cn(CC(=O)N(C)C)c2ccc(C(N)=NC=NCc3ccccn3)cc12. The normalized spacial score (nSPS) is 12.2. The van der Waals surface area contributed by atoms with Gasteiger partial charge in [-0.15, -0.1) is 0 Å². The average Bonchev–Trinajstić information content (AvgIpc) is 3.09. The summed E-state index contributed by atoms with van der Waals surface area (Å²) in [5.74, 6) is 0.765. The van der Waals surface area contributed by atoms with Crippen molar-refractivity contribution in [1.29, 1.82) is 0 Å². The van der Waals surface area contributed by atoms with Gasteiger partial charge < -0.3 is 15.2 Å². The second-order valence-electron chi connectivity index (χ2n) is 7.68. The number of hydrogen-bond acceptors (Lipinski definition) is 3.